The van der Waals surface area contributed by atoms with Crippen LogP contribution in [0.1, 0.15) is 64.9 Å². The molecule has 12 heteroatoms. The topological polar surface area (TPSA) is 153 Å². The highest BCUT2D eigenvalue weighted by Crippen LogP contribution is 2.46. The molecule has 12 nitrogen and oxygen atoms in total. The molecule has 1 aliphatic carbocycles. The summed E-state index contributed by atoms with van der Waals surface area (Å²) in [7, 11) is 1.27. The Kier molecular flexibility index (Phi) is 10.4. The smallest absolute Gasteiger partial charge is 0.408 e. The molecule has 0 bridgehead atoms. The monoisotopic (exact) mass is 710 g/mol. The normalized spacial score (nSPS) is 25.9. The van der Waals surface area contributed by atoms with Crippen LogP contribution in [0, 0.1) is 12.8 Å². The van der Waals surface area contributed by atoms with Crippen LogP contribution in [0.25, 0.3) is 22.2 Å². The lowest BCUT2D eigenvalue weighted by molar-refractivity contribution is -0.148. The van der Waals surface area contributed by atoms with E-state index in [1.165, 1.54) is 12.0 Å². The average molecular weight is 711 g/mol. The lowest BCUT2D eigenvalue weighted by Gasteiger charge is -2.30. The Labute approximate surface area is 303 Å². The number of amides is 3. The molecule has 2 fully saturated rings. The maximum atomic E-state index is 14.5. The number of pyridine rings is 1. The number of benzene rings is 2. The van der Waals surface area contributed by atoms with Crippen molar-refractivity contribution in [3.05, 3.63) is 72.3 Å². The summed E-state index contributed by atoms with van der Waals surface area (Å²) in [4.78, 5) is 73.9. The van der Waals surface area contributed by atoms with E-state index in [1.807, 2.05) is 73.7 Å². The number of fused-ring (bicyclic) bond motifs is 3. The van der Waals surface area contributed by atoms with E-state index in [-0.39, 0.29) is 43.9 Å². The van der Waals surface area contributed by atoms with Crippen molar-refractivity contribution in [2.45, 2.75) is 95.5 Å². The highest BCUT2D eigenvalue weighted by atomic mass is 16.6. The maximum Gasteiger partial charge on any atom is 0.408 e. The van der Waals surface area contributed by atoms with Crippen LogP contribution in [0.2, 0.25) is 0 Å². The molecule has 52 heavy (non-hydrogen) atoms. The molecule has 3 aliphatic rings. The Morgan fingerprint density at radius 3 is 2.54 bits per heavy atom. The van der Waals surface area contributed by atoms with Crippen molar-refractivity contribution in [3.63, 3.8) is 0 Å². The van der Waals surface area contributed by atoms with Crippen molar-refractivity contribution in [1.29, 1.82) is 0 Å². The van der Waals surface area contributed by atoms with Crippen LogP contribution in [0.3, 0.4) is 0 Å². The highest BCUT2D eigenvalue weighted by Gasteiger charge is 2.62. The molecular formula is C40H46N4O8. The van der Waals surface area contributed by atoms with E-state index in [9.17, 15) is 24.0 Å². The van der Waals surface area contributed by atoms with Gasteiger partial charge >= 0.3 is 12.1 Å². The number of hydrogen-bond donors (Lipinski definition) is 2. The number of carbonyl (C=O) groups excluding carboxylic acids is 5. The molecule has 5 atom stereocenters. The summed E-state index contributed by atoms with van der Waals surface area (Å²) in [6.07, 6.45) is 3.32. The molecule has 274 valence electrons. The third kappa shape index (κ3) is 8.11. The summed E-state index contributed by atoms with van der Waals surface area (Å²) in [6.45, 7) is 7.11. The first-order valence-corrected chi connectivity index (χ1v) is 17.8. The number of aromatic nitrogens is 1. The van der Waals surface area contributed by atoms with E-state index in [4.69, 9.17) is 19.2 Å². The van der Waals surface area contributed by atoms with E-state index in [0.717, 1.165) is 22.0 Å². The van der Waals surface area contributed by atoms with Crippen molar-refractivity contribution < 1.29 is 38.2 Å². The maximum absolute atomic E-state index is 14.5. The second kappa shape index (κ2) is 14.8. The lowest BCUT2D eigenvalue weighted by Crippen LogP contribution is -2.56. The average Bonchev–Trinajstić information content (AvgIpc) is 3.63. The lowest BCUT2D eigenvalue weighted by atomic mass is 10.0. The molecule has 3 amide bonds. The molecule has 2 aliphatic heterocycles. The first-order valence-electron chi connectivity index (χ1n) is 17.8. The van der Waals surface area contributed by atoms with Gasteiger partial charge in [-0.1, -0.05) is 48.6 Å². The molecule has 1 saturated carbocycles. The molecule has 2 N–H and O–H groups in total. The molecular weight excluding hydrogens is 664 g/mol. The van der Waals surface area contributed by atoms with Crippen LogP contribution in [-0.4, -0.2) is 82.5 Å². The van der Waals surface area contributed by atoms with Gasteiger partial charge in [0.2, 0.25) is 11.8 Å². The Morgan fingerprint density at radius 2 is 1.81 bits per heavy atom. The first kappa shape index (κ1) is 36.5. The highest BCUT2D eigenvalue weighted by molar-refractivity contribution is 5.97. The van der Waals surface area contributed by atoms with Crippen molar-refractivity contribution in [1.82, 2.24) is 20.5 Å². The van der Waals surface area contributed by atoms with Gasteiger partial charge in [-0.05, 0) is 64.7 Å². The second-order valence-corrected chi connectivity index (χ2v) is 14.9. The van der Waals surface area contributed by atoms with Gasteiger partial charge in [0.05, 0.1) is 24.9 Å². The third-order valence-electron chi connectivity index (χ3n) is 9.71. The van der Waals surface area contributed by atoms with Crippen molar-refractivity contribution in [2.75, 3.05) is 13.7 Å². The molecule has 0 spiro atoms. The predicted octanol–water partition coefficient (Wildman–Crippen LogP) is 5.20. The molecule has 1 aromatic heterocycles. The van der Waals surface area contributed by atoms with Gasteiger partial charge in [-0.15, -0.1) is 0 Å². The number of Topliss-reactive ketones (excluding diaryl/α,β-unsaturated/α-hetero) is 1. The number of nitrogens with one attached hydrogen (secondary N) is 2. The van der Waals surface area contributed by atoms with Gasteiger partial charge in [0.25, 0.3) is 0 Å². The fourth-order valence-corrected chi connectivity index (χ4v) is 6.99. The largest absolute Gasteiger partial charge is 0.488 e. The summed E-state index contributed by atoms with van der Waals surface area (Å²) < 4.78 is 17.2. The van der Waals surface area contributed by atoms with Gasteiger partial charge in [-0.3, -0.25) is 14.4 Å². The number of rotatable bonds is 5. The number of aryl methyl sites for hydroxylation is 1. The van der Waals surface area contributed by atoms with Crippen molar-refractivity contribution >= 4 is 40.6 Å². The number of ketones is 1. The Bertz CT molecular complexity index is 1900. The Morgan fingerprint density at radius 1 is 1.04 bits per heavy atom. The predicted molar refractivity (Wildman–Crippen MR) is 193 cm³/mol. The number of nitrogens with zero attached hydrogens (tertiary/aromatic N) is 2. The minimum absolute atomic E-state index is 0.00225. The number of hydrogen-bond acceptors (Lipinski definition) is 9. The van der Waals surface area contributed by atoms with Gasteiger partial charge in [0.15, 0.2) is 0 Å². The van der Waals surface area contributed by atoms with Gasteiger partial charge in [0, 0.05) is 42.2 Å². The van der Waals surface area contributed by atoms with E-state index >= 15 is 0 Å². The van der Waals surface area contributed by atoms with Gasteiger partial charge in [-0.2, -0.15) is 0 Å². The van der Waals surface area contributed by atoms with Crippen LogP contribution in [0.4, 0.5) is 4.79 Å². The summed E-state index contributed by atoms with van der Waals surface area (Å²) in [5.41, 5.74) is 1.23. The fourth-order valence-electron chi connectivity index (χ4n) is 6.99. The van der Waals surface area contributed by atoms with Crippen LogP contribution < -0.4 is 15.4 Å². The first-order chi connectivity index (χ1) is 24.8. The van der Waals surface area contributed by atoms with E-state index in [2.05, 4.69) is 10.6 Å². The molecule has 0 radical (unpaired) electrons. The minimum Gasteiger partial charge on any atom is -0.488 e. The minimum atomic E-state index is -1.29. The zero-order valence-corrected chi connectivity index (χ0v) is 30.3. The molecule has 3 heterocycles. The summed E-state index contributed by atoms with van der Waals surface area (Å²) >= 11 is 0. The number of ether oxygens (including phenoxy) is 3. The summed E-state index contributed by atoms with van der Waals surface area (Å²) in [5.74, 6) is -1.56. The molecule has 6 rings (SSSR count). The quantitative estimate of drug-likeness (QED) is 0.269. The summed E-state index contributed by atoms with van der Waals surface area (Å²) in [6, 6.07) is 15.2. The van der Waals surface area contributed by atoms with Gasteiger partial charge in [0.1, 0.15) is 40.9 Å². The third-order valence-corrected chi connectivity index (χ3v) is 9.71. The summed E-state index contributed by atoms with van der Waals surface area (Å²) in [5, 5.41) is 6.36. The van der Waals surface area contributed by atoms with E-state index < -0.39 is 53.2 Å². The number of esters is 1. The Hall–Kier alpha value is -5.26. The Balaban J connectivity index is 1.36. The van der Waals surface area contributed by atoms with Crippen LogP contribution in [-0.2, 0) is 28.7 Å². The number of allylic oxidation sites excluding steroid dienone is 1. The van der Waals surface area contributed by atoms with Gasteiger partial charge in [-0.25, -0.2) is 14.6 Å². The zero-order valence-electron chi connectivity index (χ0n) is 30.3. The molecule has 3 aromatic rings. The van der Waals surface area contributed by atoms with Crippen molar-refractivity contribution in [3.8, 4) is 17.0 Å². The SMILES string of the molecule is COC(=O)[C@@]12CC1/C=C\CCC(=O)CC[C@H](NC(=O)OC(C)(C)C)C(=O)N1CC(Oc3cc(-c4ccccc4)nc4cc(C)ccc34)C[C@H]1C(=O)N2. The van der Waals surface area contributed by atoms with Gasteiger partial charge < -0.3 is 29.7 Å². The van der Waals surface area contributed by atoms with Crippen LogP contribution >= 0.6 is 0 Å². The molecule has 2 unspecified atom stereocenters. The van der Waals surface area contributed by atoms with E-state index in [0.29, 0.717) is 24.3 Å². The van der Waals surface area contributed by atoms with Crippen molar-refractivity contribution in [2.24, 2.45) is 5.92 Å². The van der Waals surface area contributed by atoms with E-state index in [1.54, 1.807) is 20.8 Å². The molecule has 1 saturated heterocycles. The van der Waals surface area contributed by atoms with Crippen LogP contribution in [0.15, 0.2) is 66.7 Å². The second-order valence-electron chi connectivity index (χ2n) is 14.9. The van der Waals surface area contributed by atoms with Crippen LogP contribution in [0.5, 0.6) is 5.75 Å². The number of carbonyl (C=O) groups is 5. The standard InChI is InChI=1S/C40H46N4O8/c1-24-15-17-29-32(19-24)41-31(25-11-7-6-8-12-25)21-34(29)51-28-20-33-35(46)43-40(37(48)50-5)22-26(40)13-9-10-14-27(45)16-18-30(36(47)44(33)23-28)42-38(49)52-39(2,3)4/h6-9,11-13,15,17,19,21,26,28,30,33H,10,14,16,18,20,22-23H2,1-5H3,(H,42,49)(H,43,46)/b13-9-/t26?,28?,30-,33-,40+/m0/s1. The fraction of sp³-hybridized carbons (Fsp3) is 0.450. The zero-order chi connectivity index (χ0) is 37.2. The number of alkyl carbamates (subject to hydrolysis) is 1. The number of methoxy groups -OCH3 is 1. The molecule has 2 aromatic carbocycles.